The van der Waals surface area contributed by atoms with Gasteiger partial charge in [-0.05, 0) is 37.4 Å². The Hall–Kier alpha value is -1.88. The first-order valence-corrected chi connectivity index (χ1v) is 8.17. The predicted octanol–water partition coefficient (Wildman–Crippen LogP) is 2.06. The maximum atomic E-state index is 12.2. The monoisotopic (exact) mass is 300 g/mol. The van der Waals surface area contributed by atoms with Crippen LogP contribution >= 0.6 is 0 Å². The quantitative estimate of drug-likeness (QED) is 0.887. The summed E-state index contributed by atoms with van der Waals surface area (Å²) >= 11 is 0. The van der Waals surface area contributed by atoms with E-state index >= 15 is 0 Å². The van der Waals surface area contributed by atoms with Crippen LogP contribution in [0.3, 0.4) is 0 Å². The van der Waals surface area contributed by atoms with E-state index in [2.05, 4.69) is 10.3 Å². The van der Waals surface area contributed by atoms with E-state index in [4.69, 9.17) is 5.73 Å². The normalized spacial score (nSPS) is 21.9. The van der Waals surface area contributed by atoms with Crippen molar-refractivity contribution >= 4 is 16.9 Å². The van der Waals surface area contributed by atoms with E-state index in [0.717, 1.165) is 23.9 Å². The van der Waals surface area contributed by atoms with Gasteiger partial charge in [-0.25, -0.2) is 4.98 Å². The standard InChI is InChI=1S/C17H24N4O/c18-11-13-5-1-2-6-14(13)20-17(22)9-10-21-12-19-15-7-3-4-8-16(15)21/h3-4,7-8,12-14H,1-2,5-6,9-11,18H2,(H,20,22). The number of rotatable bonds is 5. The van der Waals surface area contributed by atoms with E-state index in [9.17, 15) is 4.79 Å². The average Bonchev–Trinajstić information content (AvgIpc) is 2.97. The Morgan fingerprint density at radius 2 is 2.14 bits per heavy atom. The van der Waals surface area contributed by atoms with Crippen LogP contribution in [0, 0.1) is 5.92 Å². The zero-order chi connectivity index (χ0) is 15.4. The number of hydrogen-bond donors (Lipinski definition) is 2. The van der Waals surface area contributed by atoms with Crippen LogP contribution in [0.2, 0.25) is 0 Å². The number of imidazole rings is 1. The Bertz CT molecular complexity index is 636. The molecule has 1 aromatic carbocycles. The van der Waals surface area contributed by atoms with Crippen LogP contribution in [0.25, 0.3) is 11.0 Å². The molecule has 5 nitrogen and oxygen atoms in total. The third-order valence-electron chi connectivity index (χ3n) is 4.67. The fourth-order valence-electron chi connectivity index (χ4n) is 3.37. The van der Waals surface area contributed by atoms with E-state index in [0.29, 0.717) is 25.4 Å². The van der Waals surface area contributed by atoms with Crippen molar-refractivity contribution in [2.45, 2.75) is 44.7 Å². The molecule has 0 spiro atoms. The lowest BCUT2D eigenvalue weighted by Crippen LogP contribution is -2.44. The molecule has 1 saturated carbocycles. The topological polar surface area (TPSA) is 72.9 Å². The van der Waals surface area contributed by atoms with Crippen molar-refractivity contribution in [1.82, 2.24) is 14.9 Å². The van der Waals surface area contributed by atoms with Gasteiger partial charge in [-0.2, -0.15) is 0 Å². The number of nitrogens with zero attached hydrogens (tertiary/aromatic N) is 2. The summed E-state index contributed by atoms with van der Waals surface area (Å²) < 4.78 is 2.04. The first-order valence-electron chi connectivity index (χ1n) is 8.17. The molecule has 1 aromatic heterocycles. The third kappa shape index (κ3) is 3.30. The van der Waals surface area contributed by atoms with Gasteiger partial charge in [0.2, 0.25) is 5.91 Å². The summed E-state index contributed by atoms with van der Waals surface area (Å²) in [6.45, 7) is 1.32. The number of carbonyl (C=O) groups is 1. The zero-order valence-electron chi connectivity index (χ0n) is 12.9. The lowest BCUT2D eigenvalue weighted by Gasteiger charge is -2.31. The molecular weight excluding hydrogens is 276 g/mol. The summed E-state index contributed by atoms with van der Waals surface area (Å²) in [6.07, 6.45) is 6.90. The molecule has 1 heterocycles. The third-order valence-corrected chi connectivity index (χ3v) is 4.67. The van der Waals surface area contributed by atoms with Gasteiger partial charge in [-0.1, -0.05) is 25.0 Å². The molecule has 0 aliphatic heterocycles. The molecule has 1 amide bonds. The van der Waals surface area contributed by atoms with Gasteiger partial charge in [0.05, 0.1) is 17.4 Å². The minimum absolute atomic E-state index is 0.114. The van der Waals surface area contributed by atoms with Crippen LogP contribution in [0.5, 0.6) is 0 Å². The number of para-hydroxylation sites is 2. The molecule has 5 heteroatoms. The molecule has 0 saturated heterocycles. The Labute approximate surface area is 130 Å². The molecule has 1 fully saturated rings. The SMILES string of the molecule is NCC1CCCCC1NC(=O)CCn1cnc2ccccc21. The molecule has 3 N–H and O–H groups in total. The summed E-state index contributed by atoms with van der Waals surface area (Å²) in [5, 5.41) is 3.18. The molecule has 2 atom stereocenters. The number of fused-ring (bicyclic) bond motifs is 1. The average molecular weight is 300 g/mol. The summed E-state index contributed by atoms with van der Waals surface area (Å²) in [7, 11) is 0. The maximum Gasteiger partial charge on any atom is 0.222 e. The second-order valence-corrected chi connectivity index (χ2v) is 6.13. The van der Waals surface area contributed by atoms with Gasteiger partial charge in [0.15, 0.2) is 0 Å². The van der Waals surface area contributed by atoms with Gasteiger partial charge >= 0.3 is 0 Å². The van der Waals surface area contributed by atoms with Gasteiger partial charge in [-0.15, -0.1) is 0 Å². The lowest BCUT2D eigenvalue weighted by atomic mass is 9.84. The molecule has 0 bridgehead atoms. The Kier molecular flexibility index (Phi) is 4.73. The fraction of sp³-hybridized carbons (Fsp3) is 0.529. The highest BCUT2D eigenvalue weighted by Gasteiger charge is 2.25. The van der Waals surface area contributed by atoms with Crippen LogP contribution in [-0.2, 0) is 11.3 Å². The van der Waals surface area contributed by atoms with Crippen LogP contribution in [0.15, 0.2) is 30.6 Å². The number of amides is 1. The smallest absolute Gasteiger partial charge is 0.222 e. The number of hydrogen-bond acceptors (Lipinski definition) is 3. The number of aromatic nitrogens is 2. The molecule has 2 aromatic rings. The van der Waals surface area contributed by atoms with Crippen molar-refractivity contribution in [3.05, 3.63) is 30.6 Å². The minimum Gasteiger partial charge on any atom is -0.353 e. The van der Waals surface area contributed by atoms with E-state index in [1.54, 1.807) is 6.33 Å². The van der Waals surface area contributed by atoms with E-state index in [1.165, 1.54) is 12.8 Å². The highest BCUT2D eigenvalue weighted by molar-refractivity contribution is 5.77. The molecule has 2 unspecified atom stereocenters. The first-order chi connectivity index (χ1) is 10.8. The zero-order valence-corrected chi connectivity index (χ0v) is 12.9. The van der Waals surface area contributed by atoms with Gasteiger partial charge < -0.3 is 15.6 Å². The summed E-state index contributed by atoms with van der Waals surface area (Å²) in [5.74, 6) is 0.551. The molecule has 3 rings (SSSR count). The number of nitrogens with two attached hydrogens (primary N) is 1. The van der Waals surface area contributed by atoms with Crippen molar-refractivity contribution in [2.24, 2.45) is 11.7 Å². The summed E-state index contributed by atoms with van der Waals surface area (Å²) in [6, 6.07) is 8.24. The molecule has 118 valence electrons. The van der Waals surface area contributed by atoms with Crippen molar-refractivity contribution in [2.75, 3.05) is 6.54 Å². The Balaban J connectivity index is 1.56. The number of nitrogens with one attached hydrogen (secondary N) is 1. The molecule has 22 heavy (non-hydrogen) atoms. The van der Waals surface area contributed by atoms with E-state index < -0.39 is 0 Å². The molecule has 0 radical (unpaired) electrons. The summed E-state index contributed by atoms with van der Waals surface area (Å²) in [5.41, 5.74) is 7.87. The van der Waals surface area contributed by atoms with Crippen LogP contribution in [0.4, 0.5) is 0 Å². The van der Waals surface area contributed by atoms with Crippen molar-refractivity contribution in [1.29, 1.82) is 0 Å². The number of benzene rings is 1. The minimum atomic E-state index is 0.114. The van der Waals surface area contributed by atoms with Crippen molar-refractivity contribution in [3.8, 4) is 0 Å². The van der Waals surface area contributed by atoms with Gasteiger partial charge in [0.25, 0.3) is 0 Å². The van der Waals surface area contributed by atoms with E-state index in [1.807, 2.05) is 28.8 Å². The van der Waals surface area contributed by atoms with Crippen LogP contribution in [0.1, 0.15) is 32.1 Å². The second-order valence-electron chi connectivity index (χ2n) is 6.13. The van der Waals surface area contributed by atoms with Gasteiger partial charge in [0, 0.05) is 19.0 Å². The number of aryl methyl sites for hydroxylation is 1. The fourth-order valence-corrected chi connectivity index (χ4v) is 3.37. The second kappa shape index (κ2) is 6.92. The van der Waals surface area contributed by atoms with Gasteiger partial charge in [-0.3, -0.25) is 4.79 Å². The number of carbonyl (C=O) groups excluding carboxylic acids is 1. The van der Waals surface area contributed by atoms with Crippen molar-refractivity contribution in [3.63, 3.8) is 0 Å². The van der Waals surface area contributed by atoms with E-state index in [-0.39, 0.29) is 11.9 Å². The van der Waals surface area contributed by atoms with Gasteiger partial charge in [0.1, 0.15) is 0 Å². The van der Waals surface area contributed by atoms with Crippen molar-refractivity contribution < 1.29 is 4.79 Å². The largest absolute Gasteiger partial charge is 0.353 e. The molecule has 1 aliphatic rings. The Morgan fingerprint density at radius 3 is 3.00 bits per heavy atom. The van der Waals surface area contributed by atoms with Crippen LogP contribution < -0.4 is 11.1 Å². The predicted molar refractivity (Wildman–Crippen MR) is 87.3 cm³/mol. The highest BCUT2D eigenvalue weighted by atomic mass is 16.1. The first kappa shape index (κ1) is 15.0. The van der Waals surface area contributed by atoms with Crippen LogP contribution in [-0.4, -0.2) is 28.0 Å². The Morgan fingerprint density at radius 1 is 1.32 bits per heavy atom. The lowest BCUT2D eigenvalue weighted by molar-refractivity contribution is -0.122. The molecular formula is C17H24N4O. The molecule has 1 aliphatic carbocycles. The maximum absolute atomic E-state index is 12.2. The summed E-state index contributed by atoms with van der Waals surface area (Å²) in [4.78, 5) is 16.6. The highest BCUT2D eigenvalue weighted by Crippen LogP contribution is 2.23.